The maximum Gasteiger partial charge on any atom is 0.127 e. The van der Waals surface area contributed by atoms with Crippen molar-refractivity contribution in [3.05, 3.63) is 11.5 Å². The van der Waals surface area contributed by atoms with Crippen LogP contribution in [0, 0.1) is 5.92 Å². The number of nitrogen functional groups attached to an aromatic ring is 1. The monoisotopic (exact) mass is 251 g/mol. The van der Waals surface area contributed by atoms with Crippen molar-refractivity contribution in [1.82, 2.24) is 9.55 Å². The van der Waals surface area contributed by atoms with E-state index >= 15 is 0 Å². The number of imidazole rings is 1. The van der Waals surface area contributed by atoms with E-state index in [1.165, 1.54) is 0 Å². The van der Waals surface area contributed by atoms with Crippen LogP contribution in [0.2, 0.25) is 0 Å². The zero-order valence-corrected chi connectivity index (χ0v) is 12.8. The van der Waals surface area contributed by atoms with Crippen LogP contribution < -0.4 is 5.73 Å². The number of hydrogen-bond acceptors (Lipinski definition) is 2. The van der Waals surface area contributed by atoms with E-state index in [1.54, 1.807) is 0 Å². The molecule has 1 rings (SSSR count). The fourth-order valence-electron chi connectivity index (χ4n) is 2.48. The molecule has 2 N–H and O–H groups in total. The zero-order valence-electron chi connectivity index (χ0n) is 12.8. The molecule has 0 aliphatic rings. The largest absolute Gasteiger partial charge is 0.384 e. The predicted octanol–water partition coefficient (Wildman–Crippen LogP) is 4.15. The Morgan fingerprint density at radius 3 is 2.06 bits per heavy atom. The second-order valence-electron chi connectivity index (χ2n) is 5.91. The van der Waals surface area contributed by atoms with Gasteiger partial charge in [0.25, 0.3) is 0 Å². The van der Waals surface area contributed by atoms with Crippen molar-refractivity contribution in [2.45, 2.75) is 72.8 Å². The van der Waals surface area contributed by atoms with E-state index in [0.717, 1.165) is 36.7 Å². The van der Waals surface area contributed by atoms with Gasteiger partial charge in [-0.25, -0.2) is 4.98 Å². The molecule has 1 heterocycles. The van der Waals surface area contributed by atoms with Gasteiger partial charge in [-0.15, -0.1) is 0 Å². The van der Waals surface area contributed by atoms with Crippen LogP contribution in [-0.4, -0.2) is 9.55 Å². The molecule has 0 spiro atoms. The molecule has 1 aromatic heterocycles. The Bertz CT molecular complexity index is 373. The van der Waals surface area contributed by atoms with Gasteiger partial charge in [0, 0.05) is 18.4 Å². The Morgan fingerprint density at radius 2 is 1.67 bits per heavy atom. The number of anilines is 1. The molecule has 3 nitrogen and oxygen atoms in total. The van der Waals surface area contributed by atoms with E-state index in [-0.39, 0.29) is 0 Å². The zero-order chi connectivity index (χ0) is 13.9. The van der Waals surface area contributed by atoms with Gasteiger partial charge in [-0.05, 0) is 18.8 Å². The number of nitrogens with zero attached hydrogens (tertiary/aromatic N) is 2. The summed E-state index contributed by atoms with van der Waals surface area (Å²) in [5.74, 6) is 3.54. The van der Waals surface area contributed by atoms with Crippen LogP contribution in [0.1, 0.15) is 77.7 Å². The average molecular weight is 251 g/mol. The van der Waals surface area contributed by atoms with Crippen molar-refractivity contribution in [1.29, 1.82) is 0 Å². The van der Waals surface area contributed by atoms with Crippen molar-refractivity contribution in [3.63, 3.8) is 0 Å². The van der Waals surface area contributed by atoms with Gasteiger partial charge in [0.05, 0.1) is 5.69 Å². The van der Waals surface area contributed by atoms with Crippen LogP contribution in [-0.2, 0) is 6.54 Å². The summed E-state index contributed by atoms with van der Waals surface area (Å²) in [5, 5.41) is 0. The van der Waals surface area contributed by atoms with Gasteiger partial charge < -0.3 is 10.3 Å². The first-order valence-electron chi connectivity index (χ1n) is 7.28. The van der Waals surface area contributed by atoms with Crippen molar-refractivity contribution in [2.24, 2.45) is 5.92 Å². The van der Waals surface area contributed by atoms with E-state index < -0.39 is 0 Å². The lowest BCUT2D eigenvalue weighted by atomic mass is 9.99. The summed E-state index contributed by atoms with van der Waals surface area (Å²) in [5.41, 5.74) is 7.46. The lowest BCUT2D eigenvalue weighted by Gasteiger charge is -2.14. The SMILES string of the molecule is CCC(CC)c1nc(C(C)C)n(CC(C)C)c1N. The third-order valence-electron chi connectivity index (χ3n) is 3.50. The van der Waals surface area contributed by atoms with Crippen molar-refractivity contribution in [2.75, 3.05) is 5.73 Å². The molecule has 0 fully saturated rings. The van der Waals surface area contributed by atoms with Gasteiger partial charge in [0.2, 0.25) is 0 Å². The van der Waals surface area contributed by atoms with E-state index in [0.29, 0.717) is 17.8 Å². The molecule has 1 aromatic rings. The topological polar surface area (TPSA) is 43.8 Å². The molecule has 3 heteroatoms. The van der Waals surface area contributed by atoms with E-state index in [4.69, 9.17) is 10.7 Å². The Morgan fingerprint density at radius 1 is 1.11 bits per heavy atom. The standard InChI is InChI=1S/C15H29N3/c1-7-12(8-2)13-14(16)18(9-10(3)4)15(17-13)11(5)6/h10-12H,7-9,16H2,1-6H3. The molecular formula is C15H29N3. The lowest BCUT2D eigenvalue weighted by Crippen LogP contribution is -2.12. The second kappa shape index (κ2) is 6.26. The highest BCUT2D eigenvalue weighted by molar-refractivity contribution is 5.41. The van der Waals surface area contributed by atoms with Gasteiger partial charge in [-0.1, -0.05) is 41.5 Å². The molecule has 0 aliphatic heterocycles. The normalized spacial score (nSPS) is 12.1. The maximum absolute atomic E-state index is 6.34. The number of nitrogens with two attached hydrogens (primary N) is 1. The van der Waals surface area contributed by atoms with Gasteiger partial charge in [0.1, 0.15) is 11.6 Å². The van der Waals surface area contributed by atoms with Gasteiger partial charge in [0.15, 0.2) is 0 Å². The first-order valence-corrected chi connectivity index (χ1v) is 7.28. The molecule has 0 saturated carbocycles. The molecule has 0 aromatic carbocycles. The summed E-state index contributed by atoms with van der Waals surface area (Å²) >= 11 is 0. The second-order valence-corrected chi connectivity index (χ2v) is 5.91. The van der Waals surface area contributed by atoms with Crippen LogP contribution in [0.5, 0.6) is 0 Å². The number of rotatable bonds is 6. The predicted molar refractivity (Wildman–Crippen MR) is 78.9 cm³/mol. The number of hydrogen-bond donors (Lipinski definition) is 1. The van der Waals surface area contributed by atoms with E-state index in [2.05, 4.69) is 46.1 Å². The summed E-state index contributed by atoms with van der Waals surface area (Å²) in [6.45, 7) is 14.2. The fourth-order valence-corrected chi connectivity index (χ4v) is 2.48. The van der Waals surface area contributed by atoms with Crippen molar-refractivity contribution >= 4 is 5.82 Å². The smallest absolute Gasteiger partial charge is 0.127 e. The summed E-state index contributed by atoms with van der Waals surface area (Å²) in [6, 6.07) is 0. The minimum atomic E-state index is 0.425. The minimum absolute atomic E-state index is 0.425. The Labute approximate surface area is 112 Å². The van der Waals surface area contributed by atoms with Gasteiger partial charge >= 0.3 is 0 Å². The highest BCUT2D eigenvalue weighted by Gasteiger charge is 2.21. The Balaban J connectivity index is 3.22. The van der Waals surface area contributed by atoms with Crippen LogP contribution in [0.3, 0.4) is 0 Å². The quantitative estimate of drug-likeness (QED) is 0.825. The average Bonchev–Trinajstić information content (AvgIpc) is 2.59. The van der Waals surface area contributed by atoms with Crippen molar-refractivity contribution < 1.29 is 0 Å². The van der Waals surface area contributed by atoms with Crippen LogP contribution >= 0.6 is 0 Å². The molecule has 0 bridgehead atoms. The Hall–Kier alpha value is -0.990. The summed E-state index contributed by atoms with van der Waals surface area (Å²) in [7, 11) is 0. The summed E-state index contributed by atoms with van der Waals surface area (Å²) < 4.78 is 2.23. The molecule has 0 radical (unpaired) electrons. The van der Waals surface area contributed by atoms with E-state index in [1.807, 2.05) is 0 Å². The number of aromatic nitrogens is 2. The molecule has 0 saturated heterocycles. The van der Waals surface area contributed by atoms with Gasteiger partial charge in [-0.3, -0.25) is 0 Å². The fraction of sp³-hybridized carbons (Fsp3) is 0.800. The third-order valence-corrected chi connectivity index (χ3v) is 3.50. The van der Waals surface area contributed by atoms with Crippen LogP contribution in [0.15, 0.2) is 0 Å². The molecule has 18 heavy (non-hydrogen) atoms. The van der Waals surface area contributed by atoms with Crippen LogP contribution in [0.4, 0.5) is 5.82 Å². The lowest BCUT2D eigenvalue weighted by molar-refractivity contribution is 0.502. The first-order chi connectivity index (χ1) is 8.42. The Kier molecular flexibility index (Phi) is 5.24. The molecule has 0 atom stereocenters. The van der Waals surface area contributed by atoms with Crippen LogP contribution in [0.25, 0.3) is 0 Å². The molecular weight excluding hydrogens is 222 g/mol. The summed E-state index contributed by atoms with van der Waals surface area (Å²) in [4.78, 5) is 4.84. The highest BCUT2D eigenvalue weighted by Crippen LogP contribution is 2.31. The minimum Gasteiger partial charge on any atom is -0.384 e. The van der Waals surface area contributed by atoms with E-state index in [9.17, 15) is 0 Å². The third kappa shape index (κ3) is 3.06. The highest BCUT2D eigenvalue weighted by atomic mass is 15.1. The molecule has 0 amide bonds. The van der Waals surface area contributed by atoms with Crippen molar-refractivity contribution in [3.8, 4) is 0 Å². The van der Waals surface area contributed by atoms with Gasteiger partial charge in [-0.2, -0.15) is 0 Å². The first kappa shape index (κ1) is 15.1. The molecule has 0 unspecified atom stereocenters. The summed E-state index contributed by atoms with van der Waals surface area (Å²) in [6.07, 6.45) is 2.22. The maximum atomic E-state index is 6.34. The molecule has 104 valence electrons. The molecule has 0 aliphatic carbocycles.